The largest absolute Gasteiger partial charge is 0.310 e. The number of aromatic amines is 1. The SMILES string of the molecule is CC(=O)c1c(Cl)cc2nc(C)[nH]c(=O)c2c1C. The molecule has 1 aromatic heterocycles. The van der Waals surface area contributed by atoms with E-state index >= 15 is 0 Å². The molecule has 0 aliphatic rings. The Labute approximate surface area is 103 Å². The zero-order valence-corrected chi connectivity index (χ0v) is 10.5. The first kappa shape index (κ1) is 11.8. The third-order valence-electron chi connectivity index (χ3n) is 2.67. The molecule has 0 saturated carbocycles. The Balaban J connectivity index is 3.03. The number of hydrogen-bond donors (Lipinski definition) is 1. The first-order valence-electron chi connectivity index (χ1n) is 5.12. The smallest absolute Gasteiger partial charge is 0.259 e. The molecule has 0 aliphatic heterocycles. The monoisotopic (exact) mass is 250 g/mol. The third kappa shape index (κ3) is 1.85. The first-order chi connectivity index (χ1) is 7.91. The van der Waals surface area contributed by atoms with Crippen LogP contribution in [0.2, 0.25) is 5.02 Å². The van der Waals surface area contributed by atoms with Crippen LogP contribution < -0.4 is 5.56 Å². The maximum absolute atomic E-state index is 11.9. The van der Waals surface area contributed by atoms with Gasteiger partial charge in [0, 0.05) is 5.56 Å². The minimum Gasteiger partial charge on any atom is -0.310 e. The van der Waals surface area contributed by atoms with Crippen LogP contribution in [0.15, 0.2) is 10.9 Å². The molecule has 88 valence electrons. The average Bonchev–Trinajstić information content (AvgIpc) is 2.13. The number of nitrogens with zero attached hydrogens (tertiary/aromatic N) is 1. The van der Waals surface area contributed by atoms with Crippen molar-refractivity contribution >= 4 is 28.3 Å². The van der Waals surface area contributed by atoms with Gasteiger partial charge >= 0.3 is 0 Å². The van der Waals surface area contributed by atoms with Gasteiger partial charge in [-0.3, -0.25) is 9.59 Å². The third-order valence-corrected chi connectivity index (χ3v) is 2.97. The summed E-state index contributed by atoms with van der Waals surface area (Å²) in [5.74, 6) is 0.364. The molecule has 17 heavy (non-hydrogen) atoms. The molecule has 0 aliphatic carbocycles. The molecule has 5 heteroatoms. The molecule has 0 fully saturated rings. The normalized spacial score (nSPS) is 10.8. The molecule has 2 aromatic rings. The maximum atomic E-state index is 11.9. The number of carbonyl (C=O) groups is 1. The van der Waals surface area contributed by atoms with Gasteiger partial charge < -0.3 is 4.98 Å². The number of Topliss-reactive ketones (excluding diaryl/α,β-unsaturated/α-hetero) is 1. The molecule has 0 atom stereocenters. The number of H-pyrrole nitrogens is 1. The lowest BCUT2D eigenvalue weighted by Crippen LogP contribution is -2.13. The predicted molar refractivity (Wildman–Crippen MR) is 66.9 cm³/mol. The van der Waals surface area contributed by atoms with E-state index in [4.69, 9.17) is 11.6 Å². The molecule has 1 N–H and O–H groups in total. The lowest BCUT2D eigenvalue weighted by molar-refractivity contribution is 0.101. The summed E-state index contributed by atoms with van der Waals surface area (Å²) in [6.07, 6.45) is 0. The second-order valence-electron chi connectivity index (χ2n) is 3.96. The molecule has 0 amide bonds. The van der Waals surface area contributed by atoms with E-state index in [1.165, 1.54) is 6.92 Å². The molecule has 0 saturated heterocycles. The second kappa shape index (κ2) is 3.96. The van der Waals surface area contributed by atoms with E-state index in [1.54, 1.807) is 19.9 Å². The van der Waals surface area contributed by atoms with Gasteiger partial charge in [0.25, 0.3) is 5.56 Å². The molecule has 0 radical (unpaired) electrons. The van der Waals surface area contributed by atoms with Crippen molar-refractivity contribution in [2.45, 2.75) is 20.8 Å². The van der Waals surface area contributed by atoms with Crippen LogP contribution >= 0.6 is 11.6 Å². The lowest BCUT2D eigenvalue weighted by Gasteiger charge is -2.08. The average molecular weight is 251 g/mol. The Morgan fingerprint density at radius 2 is 2.06 bits per heavy atom. The summed E-state index contributed by atoms with van der Waals surface area (Å²) in [5, 5.41) is 0.755. The van der Waals surface area contributed by atoms with Crippen LogP contribution in [0, 0.1) is 13.8 Å². The summed E-state index contributed by atoms with van der Waals surface area (Å²) in [4.78, 5) is 30.2. The molecule has 1 aromatic carbocycles. The van der Waals surface area contributed by atoms with Crippen molar-refractivity contribution in [2.24, 2.45) is 0 Å². The fourth-order valence-electron chi connectivity index (χ4n) is 2.00. The van der Waals surface area contributed by atoms with Gasteiger partial charge in [0.2, 0.25) is 0 Å². The van der Waals surface area contributed by atoms with Crippen LogP contribution in [-0.2, 0) is 0 Å². The number of hydrogen-bond acceptors (Lipinski definition) is 3. The fourth-order valence-corrected chi connectivity index (χ4v) is 2.38. The highest BCUT2D eigenvalue weighted by atomic mass is 35.5. The number of aromatic nitrogens is 2. The van der Waals surface area contributed by atoms with Gasteiger partial charge in [-0.1, -0.05) is 11.6 Å². The Bertz CT molecular complexity index is 689. The van der Waals surface area contributed by atoms with Crippen molar-refractivity contribution < 1.29 is 4.79 Å². The van der Waals surface area contributed by atoms with Gasteiger partial charge in [0.1, 0.15) is 5.82 Å². The predicted octanol–water partition coefficient (Wildman–Crippen LogP) is 2.40. The quantitative estimate of drug-likeness (QED) is 0.791. The highest BCUT2D eigenvalue weighted by Crippen LogP contribution is 2.26. The van der Waals surface area contributed by atoms with Crippen molar-refractivity contribution in [3.8, 4) is 0 Å². The van der Waals surface area contributed by atoms with Crippen LogP contribution in [-0.4, -0.2) is 15.8 Å². The number of halogens is 1. The van der Waals surface area contributed by atoms with E-state index in [-0.39, 0.29) is 11.3 Å². The van der Waals surface area contributed by atoms with Gasteiger partial charge in [-0.05, 0) is 32.4 Å². The molecule has 1 heterocycles. The molecular formula is C12H11ClN2O2. The van der Waals surface area contributed by atoms with Crippen LogP contribution in [0.25, 0.3) is 10.9 Å². The summed E-state index contributed by atoms with van der Waals surface area (Å²) >= 11 is 6.04. The van der Waals surface area contributed by atoms with Crippen LogP contribution in [0.1, 0.15) is 28.7 Å². The van der Waals surface area contributed by atoms with Crippen molar-refractivity contribution in [2.75, 3.05) is 0 Å². The maximum Gasteiger partial charge on any atom is 0.259 e. The van der Waals surface area contributed by atoms with Gasteiger partial charge in [0.05, 0.1) is 15.9 Å². The molecule has 0 unspecified atom stereocenters. The Morgan fingerprint density at radius 1 is 1.41 bits per heavy atom. The van der Waals surface area contributed by atoms with E-state index in [0.717, 1.165) is 0 Å². The van der Waals surface area contributed by atoms with Crippen molar-refractivity contribution in [3.05, 3.63) is 38.4 Å². The fraction of sp³-hybridized carbons (Fsp3) is 0.250. The topological polar surface area (TPSA) is 62.8 Å². The number of nitrogens with one attached hydrogen (secondary N) is 1. The van der Waals surface area contributed by atoms with Crippen LogP contribution in [0.4, 0.5) is 0 Å². The highest BCUT2D eigenvalue weighted by Gasteiger charge is 2.15. The Kier molecular flexibility index (Phi) is 2.75. The Morgan fingerprint density at radius 3 is 2.65 bits per heavy atom. The van der Waals surface area contributed by atoms with E-state index in [9.17, 15) is 9.59 Å². The number of carbonyl (C=O) groups excluding carboxylic acids is 1. The first-order valence-corrected chi connectivity index (χ1v) is 5.50. The molecule has 4 nitrogen and oxygen atoms in total. The van der Waals surface area contributed by atoms with Crippen molar-refractivity contribution in [1.29, 1.82) is 0 Å². The van der Waals surface area contributed by atoms with Crippen molar-refractivity contribution in [1.82, 2.24) is 9.97 Å². The van der Waals surface area contributed by atoms with Gasteiger partial charge in [-0.15, -0.1) is 0 Å². The van der Waals surface area contributed by atoms with Crippen LogP contribution in [0.3, 0.4) is 0 Å². The minimum absolute atomic E-state index is 0.158. The highest BCUT2D eigenvalue weighted by molar-refractivity contribution is 6.35. The number of rotatable bonds is 1. The number of aryl methyl sites for hydroxylation is 2. The summed E-state index contributed by atoms with van der Waals surface area (Å²) < 4.78 is 0. The second-order valence-corrected chi connectivity index (χ2v) is 4.37. The summed E-state index contributed by atoms with van der Waals surface area (Å²) in [6, 6.07) is 1.56. The number of benzene rings is 1. The van der Waals surface area contributed by atoms with Gasteiger partial charge in [-0.25, -0.2) is 4.98 Å². The molecule has 0 spiro atoms. The van der Waals surface area contributed by atoms with Crippen molar-refractivity contribution in [3.63, 3.8) is 0 Å². The molecule has 2 rings (SSSR count). The van der Waals surface area contributed by atoms with Gasteiger partial charge in [0.15, 0.2) is 5.78 Å². The molecular weight excluding hydrogens is 240 g/mol. The number of ketones is 1. The summed E-state index contributed by atoms with van der Waals surface area (Å²) in [6.45, 7) is 4.83. The lowest BCUT2D eigenvalue weighted by atomic mass is 10.0. The summed E-state index contributed by atoms with van der Waals surface area (Å²) in [5.41, 5.74) is 1.23. The minimum atomic E-state index is -0.246. The van der Waals surface area contributed by atoms with E-state index in [2.05, 4.69) is 9.97 Å². The van der Waals surface area contributed by atoms with Gasteiger partial charge in [-0.2, -0.15) is 0 Å². The van der Waals surface area contributed by atoms with E-state index < -0.39 is 0 Å². The number of fused-ring (bicyclic) bond motifs is 1. The molecule has 0 bridgehead atoms. The van der Waals surface area contributed by atoms with Crippen LogP contribution in [0.5, 0.6) is 0 Å². The summed E-state index contributed by atoms with van der Waals surface area (Å²) in [7, 11) is 0. The van der Waals surface area contributed by atoms with E-state index in [0.29, 0.717) is 32.9 Å². The Hall–Kier alpha value is -1.68. The standard InChI is InChI=1S/C12H11ClN2O2/c1-5-10(6(2)16)8(13)4-9-11(5)12(17)15-7(3)14-9/h4H,1-3H3,(H,14,15,17). The van der Waals surface area contributed by atoms with E-state index in [1.807, 2.05) is 0 Å². The zero-order valence-electron chi connectivity index (χ0n) is 9.72. The zero-order chi connectivity index (χ0) is 12.7.